The molecular formula is C49H66IrNO2S-. The molecule has 1 atom stereocenters. The standard InChI is InChI=1S/C36H42NS.C13H24O2.Ir/c1-8-12-16-25(9-2)27-19-15-20-29-30-21-22-37(7)33(35(30)38-34(27)29)31-23-32(36(6,10-3)11-4)28-18-14-13-17-26(28)24(31)5;1-5-10(6-2)12(14)9-13(15)11(7-3)8-4;/h13-15,17-23,25H,5,7-12,16H2,1-4,6H3;9-11,14H,5-8H2,1-4H3;/q-1;;/b;12-9-;. The molecule has 54 heavy (non-hydrogen) atoms. The quantitative estimate of drug-likeness (QED) is 0.0464. The van der Waals surface area contributed by atoms with Crippen LogP contribution in [0.1, 0.15) is 149 Å². The van der Waals surface area contributed by atoms with Crippen LogP contribution in [0.25, 0.3) is 42.2 Å². The number of benzene rings is 3. The Morgan fingerprint density at radius 1 is 0.815 bits per heavy atom. The fourth-order valence-electron chi connectivity index (χ4n) is 8.06. The molecule has 5 rings (SSSR count). The fourth-order valence-corrected chi connectivity index (χ4v) is 9.51. The van der Waals surface area contributed by atoms with Crippen LogP contribution in [0.2, 0.25) is 0 Å². The van der Waals surface area contributed by atoms with Crippen LogP contribution in [-0.2, 0) is 30.3 Å². The Kier molecular flexibility index (Phi) is 17.4. The molecule has 2 heterocycles. The van der Waals surface area contributed by atoms with Crippen molar-refractivity contribution in [2.24, 2.45) is 11.8 Å². The minimum absolute atomic E-state index is 0. The van der Waals surface area contributed by atoms with Gasteiger partial charge in [-0.15, -0.1) is 34.4 Å². The predicted octanol–water partition coefficient (Wildman–Crippen LogP) is 14.6. The van der Waals surface area contributed by atoms with Crippen LogP contribution in [-0.4, -0.2) is 10.9 Å². The van der Waals surface area contributed by atoms with Gasteiger partial charge in [-0.3, -0.25) is 4.79 Å². The zero-order valence-electron chi connectivity index (χ0n) is 34.6. The second-order valence-corrected chi connectivity index (χ2v) is 16.2. The average Bonchev–Trinajstić information content (AvgIpc) is 3.56. The van der Waals surface area contributed by atoms with E-state index in [0.717, 1.165) is 44.1 Å². The second kappa shape index (κ2) is 20.7. The number of aliphatic hydroxyl groups is 1. The van der Waals surface area contributed by atoms with E-state index in [9.17, 15) is 9.90 Å². The topological polar surface area (TPSA) is 41.2 Å². The third-order valence-corrected chi connectivity index (χ3v) is 13.5. The molecule has 5 heteroatoms. The van der Waals surface area contributed by atoms with Crippen molar-refractivity contribution in [2.45, 2.75) is 138 Å². The zero-order valence-corrected chi connectivity index (χ0v) is 37.8. The summed E-state index contributed by atoms with van der Waals surface area (Å²) in [6.07, 6.45) is 14.2. The smallest absolute Gasteiger partial charge is 0.162 e. The Balaban J connectivity index is 0.000000418. The van der Waals surface area contributed by atoms with E-state index in [-0.39, 0.29) is 48.9 Å². The van der Waals surface area contributed by atoms with Crippen molar-refractivity contribution in [3.63, 3.8) is 0 Å². The van der Waals surface area contributed by atoms with Crippen LogP contribution in [0.5, 0.6) is 0 Å². The number of unbranched alkanes of at least 4 members (excludes halogenated alkanes) is 1. The number of rotatable bonds is 16. The van der Waals surface area contributed by atoms with Gasteiger partial charge in [0.05, 0.1) is 17.6 Å². The van der Waals surface area contributed by atoms with Gasteiger partial charge >= 0.3 is 0 Å². The molecule has 3 aromatic carbocycles. The number of allylic oxidation sites excluding steroid dienone is 2. The fraction of sp³-hybridized carbons (Fsp3) is 0.469. The number of hydrogen-bond acceptors (Lipinski definition) is 3. The van der Waals surface area contributed by atoms with E-state index in [2.05, 4.69) is 114 Å². The molecule has 1 radical (unpaired) electrons. The van der Waals surface area contributed by atoms with Crippen LogP contribution in [0.4, 0.5) is 0 Å². The van der Waals surface area contributed by atoms with Crippen molar-refractivity contribution in [1.82, 2.24) is 0 Å². The Morgan fingerprint density at radius 3 is 1.98 bits per heavy atom. The third kappa shape index (κ3) is 9.46. The molecule has 0 spiro atoms. The van der Waals surface area contributed by atoms with Gasteiger partial charge in [0, 0.05) is 54.5 Å². The van der Waals surface area contributed by atoms with E-state index in [0.29, 0.717) is 5.92 Å². The van der Waals surface area contributed by atoms with Gasteiger partial charge in [0.1, 0.15) is 0 Å². The summed E-state index contributed by atoms with van der Waals surface area (Å²) in [7, 11) is 4.48. The number of aromatic nitrogens is 1. The van der Waals surface area contributed by atoms with Gasteiger partial charge in [0.25, 0.3) is 0 Å². The van der Waals surface area contributed by atoms with E-state index in [1.54, 1.807) is 0 Å². The molecule has 0 fully saturated rings. The Hall–Kier alpha value is -3.11. The molecular weight excluding hydrogens is 859 g/mol. The van der Waals surface area contributed by atoms with Gasteiger partial charge < -0.3 is 9.67 Å². The van der Waals surface area contributed by atoms with Gasteiger partial charge in [-0.05, 0) is 85.1 Å². The first-order valence-corrected chi connectivity index (χ1v) is 21.3. The summed E-state index contributed by atoms with van der Waals surface area (Å²) in [6, 6.07) is 20.5. The Labute approximate surface area is 345 Å². The molecule has 1 N–H and O–H groups in total. The maximum Gasteiger partial charge on any atom is 0.162 e. The molecule has 295 valence electrons. The molecule has 3 nitrogen and oxygen atoms in total. The van der Waals surface area contributed by atoms with E-state index >= 15 is 0 Å². The van der Waals surface area contributed by atoms with Crippen LogP contribution < -0.4 is 4.57 Å². The summed E-state index contributed by atoms with van der Waals surface area (Å²) in [6.45, 7) is 24.4. The Morgan fingerprint density at radius 2 is 1.41 bits per heavy atom. The van der Waals surface area contributed by atoms with Gasteiger partial charge in [-0.25, -0.2) is 0 Å². The summed E-state index contributed by atoms with van der Waals surface area (Å²) < 4.78 is 4.83. The molecule has 0 aliphatic carbocycles. The molecule has 0 aliphatic heterocycles. The van der Waals surface area contributed by atoms with Gasteiger partial charge in [0.2, 0.25) is 0 Å². The van der Waals surface area contributed by atoms with Crippen molar-refractivity contribution in [3.8, 4) is 11.3 Å². The van der Waals surface area contributed by atoms with Crippen molar-refractivity contribution >= 4 is 48.1 Å². The molecule has 0 amide bonds. The monoisotopic (exact) mass is 925 g/mol. The Bertz CT molecular complexity index is 2010. The van der Waals surface area contributed by atoms with Gasteiger partial charge in [0.15, 0.2) is 5.78 Å². The minimum Gasteiger partial charge on any atom is -0.512 e. The molecule has 0 bridgehead atoms. The summed E-state index contributed by atoms with van der Waals surface area (Å²) in [5, 5.41) is 15.0. The summed E-state index contributed by atoms with van der Waals surface area (Å²) in [4.78, 5) is 11.7. The van der Waals surface area contributed by atoms with Gasteiger partial charge in [-0.1, -0.05) is 123 Å². The van der Waals surface area contributed by atoms with Crippen LogP contribution in [0, 0.1) is 25.8 Å². The van der Waals surface area contributed by atoms with Crippen molar-refractivity contribution < 1.29 is 34.6 Å². The third-order valence-electron chi connectivity index (χ3n) is 12.3. The largest absolute Gasteiger partial charge is 0.512 e. The number of thiophene rings is 1. The van der Waals surface area contributed by atoms with Gasteiger partial charge in [-0.2, -0.15) is 12.5 Å². The molecule has 5 aromatic rings. The van der Waals surface area contributed by atoms with Crippen molar-refractivity contribution in [1.29, 1.82) is 0 Å². The number of aliphatic hydroxyl groups excluding tert-OH is 1. The van der Waals surface area contributed by atoms with Crippen molar-refractivity contribution in [2.75, 3.05) is 0 Å². The molecule has 0 saturated carbocycles. The molecule has 0 saturated heterocycles. The minimum atomic E-state index is 0. The van der Waals surface area contributed by atoms with Crippen molar-refractivity contribution in [3.05, 3.63) is 103 Å². The first-order valence-electron chi connectivity index (χ1n) is 20.5. The molecule has 2 aromatic heterocycles. The normalized spacial score (nSPS) is 12.7. The SMILES string of the molecule is CCC(CC)C(=O)/C=C(\O)C(CC)CC.[CH2-]c1c(-c2c3sc4c(C(CC)CCCC)cccc4c3cc[n+]2[CH2-])cc(C(C)(CC)CC)c2ccccc12.[Ir]. The molecule has 0 aliphatic rings. The van der Waals surface area contributed by atoms with Crippen LogP contribution >= 0.6 is 11.3 Å². The number of pyridine rings is 1. The second-order valence-electron chi connectivity index (χ2n) is 15.2. The maximum atomic E-state index is 11.7. The maximum absolute atomic E-state index is 11.7. The number of carbonyl (C=O) groups excluding carboxylic acids is 1. The van der Waals surface area contributed by atoms with E-state index in [1.165, 1.54) is 85.1 Å². The number of carbonyl (C=O) groups is 1. The number of hydrogen-bond donors (Lipinski definition) is 1. The summed E-state index contributed by atoms with van der Waals surface area (Å²) >= 11 is 1.95. The summed E-state index contributed by atoms with van der Waals surface area (Å²) in [5.41, 5.74) is 6.52. The number of nitrogens with zero attached hydrogens (tertiary/aromatic N) is 1. The van der Waals surface area contributed by atoms with Crippen LogP contribution in [0.15, 0.2) is 72.6 Å². The first kappa shape index (κ1) is 45.3. The molecule has 1 unspecified atom stereocenters. The van der Waals surface area contributed by atoms with E-state index in [1.807, 2.05) is 39.0 Å². The number of fused-ring (bicyclic) bond motifs is 4. The number of ketones is 1. The van der Waals surface area contributed by atoms with E-state index in [4.69, 9.17) is 0 Å². The average molecular weight is 925 g/mol. The predicted molar refractivity (Wildman–Crippen MR) is 232 cm³/mol. The first-order chi connectivity index (χ1) is 25.5. The van der Waals surface area contributed by atoms with Crippen LogP contribution in [0.3, 0.4) is 0 Å². The zero-order chi connectivity index (χ0) is 38.9. The summed E-state index contributed by atoms with van der Waals surface area (Å²) in [5.74, 6) is 1.15. The van der Waals surface area contributed by atoms with E-state index < -0.39 is 0 Å².